The van der Waals surface area contributed by atoms with E-state index in [1.165, 1.54) is 32.4 Å². The number of unbranched alkanes of at least 4 members (excludes halogenated alkanes) is 1. The lowest BCUT2D eigenvalue weighted by Crippen LogP contribution is -2.23. The molecule has 1 saturated heterocycles. The lowest BCUT2D eigenvalue weighted by molar-refractivity contribution is 0.0576. The second kappa shape index (κ2) is 5.55. The molecule has 1 aliphatic heterocycles. The number of likely N-dealkylation sites (N-methyl/N-ethyl adjacent to an activating group) is 1. The molecule has 2 heteroatoms. The predicted molar refractivity (Wildman–Crippen MR) is 51.4 cm³/mol. The Morgan fingerprint density at radius 3 is 2.83 bits per heavy atom. The first kappa shape index (κ1) is 10.0. The van der Waals surface area contributed by atoms with Crippen molar-refractivity contribution in [1.82, 2.24) is 4.90 Å². The highest BCUT2D eigenvalue weighted by Gasteiger charge is 2.20. The highest BCUT2D eigenvalue weighted by molar-refractivity contribution is 4.74. The van der Waals surface area contributed by atoms with Gasteiger partial charge < -0.3 is 9.64 Å². The molecular weight excluding hydrogens is 150 g/mol. The van der Waals surface area contributed by atoms with Gasteiger partial charge in [-0.1, -0.05) is 20.3 Å². The van der Waals surface area contributed by atoms with Gasteiger partial charge in [-0.2, -0.15) is 0 Å². The summed E-state index contributed by atoms with van der Waals surface area (Å²) in [6, 6.07) is 0. The standard InChI is InChI=1S/C10H21NO/c1-3-5-8-12-10-6-7-11(4-2)9-10/h10H,3-9H2,1-2H3/t10-/m0/s1. The van der Waals surface area contributed by atoms with Crippen molar-refractivity contribution in [2.45, 2.75) is 39.2 Å². The number of ether oxygens (including phenoxy) is 1. The third-order valence-electron chi connectivity index (χ3n) is 2.53. The molecule has 0 unspecified atom stereocenters. The van der Waals surface area contributed by atoms with Crippen molar-refractivity contribution in [3.63, 3.8) is 0 Å². The summed E-state index contributed by atoms with van der Waals surface area (Å²) in [5.41, 5.74) is 0. The van der Waals surface area contributed by atoms with E-state index >= 15 is 0 Å². The summed E-state index contributed by atoms with van der Waals surface area (Å²) in [5, 5.41) is 0. The van der Waals surface area contributed by atoms with E-state index in [0.717, 1.165) is 13.2 Å². The average Bonchev–Trinajstić information content (AvgIpc) is 2.53. The van der Waals surface area contributed by atoms with Gasteiger partial charge in [0.1, 0.15) is 0 Å². The topological polar surface area (TPSA) is 12.5 Å². The van der Waals surface area contributed by atoms with Crippen molar-refractivity contribution in [3.8, 4) is 0 Å². The molecule has 2 nitrogen and oxygen atoms in total. The van der Waals surface area contributed by atoms with Gasteiger partial charge in [-0.3, -0.25) is 0 Å². The Morgan fingerprint density at radius 2 is 2.25 bits per heavy atom. The van der Waals surface area contributed by atoms with Gasteiger partial charge in [0.15, 0.2) is 0 Å². The first-order chi connectivity index (χ1) is 5.86. The summed E-state index contributed by atoms with van der Waals surface area (Å²) in [7, 11) is 0. The van der Waals surface area contributed by atoms with Crippen LogP contribution in [0.25, 0.3) is 0 Å². The molecule has 0 saturated carbocycles. The molecular formula is C10H21NO. The van der Waals surface area contributed by atoms with Gasteiger partial charge in [0, 0.05) is 19.7 Å². The van der Waals surface area contributed by atoms with Gasteiger partial charge in [-0.25, -0.2) is 0 Å². The van der Waals surface area contributed by atoms with Crippen molar-refractivity contribution in [3.05, 3.63) is 0 Å². The molecule has 1 atom stereocenters. The maximum absolute atomic E-state index is 5.73. The molecule has 0 spiro atoms. The highest BCUT2D eigenvalue weighted by Crippen LogP contribution is 2.12. The molecule has 12 heavy (non-hydrogen) atoms. The Hall–Kier alpha value is -0.0800. The molecule has 0 aromatic rings. The smallest absolute Gasteiger partial charge is 0.0714 e. The van der Waals surface area contributed by atoms with Gasteiger partial charge in [-0.05, 0) is 19.4 Å². The SMILES string of the molecule is CCCCO[C@H]1CCN(CC)C1. The Balaban J connectivity index is 2.03. The summed E-state index contributed by atoms with van der Waals surface area (Å²) in [4.78, 5) is 2.45. The van der Waals surface area contributed by atoms with Gasteiger partial charge in [-0.15, -0.1) is 0 Å². The van der Waals surface area contributed by atoms with Crippen LogP contribution < -0.4 is 0 Å². The fraction of sp³-hybridized carbons (Fsp3) is 1.00. The zero-order valence-electron chi connectivity index (χ0n) is 8.38. The van der Waals surface area contributed by atoms with Crippen molar-refractivity contribution < 1.29 is 4.74 Å². The summed E-state index contributed by atoms with van der Waals surface area (Å²) >= 11 is 0. The van der Waals surface area contributed by atoms with E-state index in [0.29, 0.717) is 6.10 Å². The molecule has 72 valence electrons. The minimum Gasteiger partial charge on any atom is -0.377 e. The fourth-order valence-corrected chi connectivity index (χ4v) is 1.61. The van der Waals surface area contributed by atoms with Crippen LogP contribution in [-0.2, 0) is 4.74 Å². The van der Waals surface area contributed by atoms with Crippen molar-refractivity contribution in [1.29, 1.82) is 0 Å². The largest absolute Gasteiger partial charge is 0.377 e. The van der Waals surface area contributed by atoms with E-state index in [1.807, 2.05) is 0 Å². The van der Waals surface area contributed by atoms with E-state index in [4.69, 9.17) is 4.74 Å². The first-order valence-corrected chi connectivity index (χ1v) is 5.20. The maximum Gasteiger partial charge on any atom is 0.0714 e. The van der Waals surface area contributed by atoms with E-state index in [2.05, 4.69) is 18.7 Å². The zero-order valence-corrected chi connectivity index (χ0v) is 8.38. The Kier molecular flexibility index (Phi) is 4.62. The molecule has 0 N–H and O–H groups in total. The second-order valence-electron chi connectivity index (χ2n) is 3.53. The molecule has 0 aliphatic carbocycles. The number of likely N-dealkylation sites (tertiary alicyclic amines) is 1. The van der Waals surface area contributed by atoms with Gasteiger partial charge >= 0.3 is 0 Å². The maximum atomic E-state index is 5.73. The minimum absolute atomic E-state index is 0.525. The van der Waals surface area contributed by atoms with Crippen LogP contribution in [0.2, 0.25) is 0 Å². The minimum atomic E-state index is 0.525. The summed E-state index contributed by atoms with van der Waals surface area (Å²) in [6.45, 7) is 8.94. The third-order valence-corrected chi connectivity index (χ3v) is 2.53. The van der Waals surface area contributed by atoms with Gasteiger partial charge in [0.2, 0.25) is 0 Å². The van der Waals surface area contributed by atoms with Crippen molar-refractivity contribution >= 4 is 0 Å². The number of hydrogen-bond donors (Lipinski definition) is 0. The summed E-state index contributed by atoms with van der Waals surface area (Å²) in [6.07, 6.45) is 4.21. The fourth-order valence-electron chi connectivity index (χ4n) is 1.61. The molecule has 0 aromatic heterocycles. The van der Waals surface area contributed by atoms with Crippen LogP contribution in [0.15, 0.2) is 0 Å². The van der Waals surface area contributed by atoms with E-state index < -0.39 is 0 Å². The van der Waals surface area contributed by atoms with Gasteiger partial charge in [0.05, 0.1) is 6.10 Å². The van der Waals surface area contributed by atoms with Crippen LogP contribution in [0.1, 0.15) is 33.1 Å². The van der Waals surface area contributed by atoms with Gasteiger partial charge in [0.25, 0.3) is 0 Å². The Labute approximate surface area is 75.9 Å². The van der Waals surface area contributed by atoms with E-state index in [1.54, 1.807) is 0 Å². The number of nitrogens with zero attached hydrogens (tertiary/aromatic N) is 1. The van der Waals surface area contributed by atoms with Crippen LogP contribution in [-0.4, -0.2) is 37.2 Å². The van der Waals surface area contributed by atoms with Crippen LogP contribution in [0.3, 0.4) is 0 Å². The van der Waals surface area contributed by atoms with Crippen LogP contribution in [0.5, 0.6) is 0 Å². The van der Waals surface area contributed by atoms with Crippen LogP contribution in [0.4, 0.5) is 0 Å². The quantitative estimate of drug-likeness (QED) is 0.586. The lowest BCUT2D eigenvalue weighted by atomic mass is 10.3. The average molecular weight is 171 g/mol. The third kappa shape index (κ3) is 3.11. The number of hydrogen-bond acceptors (Lipinski definition) is 2. The predicted octanol–water partition coefficient (Wildman–Crippen LogP) is 1.90. The molecule has 0 aromatic carbocycles. The second-order valence-corrected chi connectivity index (χ2v) is 3.53. The molecule has 0 radical (unpaired) electrons. The summed E-state index contributed by atoms with van der Waals surface area (Å²) < 4.78 is 5.73. The van der Waals surface area contributed by atoms with E-state index in [9.17, 15) is 0 Å². The molecule has 1 fully saturated rings. The van der Waals surface area contributed by atoms with Crippen LogP contribution >= 0.6 is 0 Å². The van der Waals surface area contributed by atoms with Crippen molar-refractivity contribution in [2.24, 2.45) is 0 Å². The Morgan fingerprint density at radius 1 is 1.42 bits per heavy atom. The highest BCUT2D eigenvalue weighted by atomic mass is 16.5. The van der Waals surface area contributed by atoms with Crippen LogP contribution in [0, 0.1) is 0 Å². The first-order valence-electron chi connectivity index (χ1n) is 5.20. The van der Waals surface area contributed by atoms with Crippen molar-refractivity contribution in [2.75, 3.05) is 26.2 Å². The summed E-state index contributed by atoms with van der Waals surface area (Å²) in [5.74, 6) is 0. The Bertz CT molecular complexity index is 116. The normalized spacial score (nSPS) is 25.0. The zero-order chi connectivity index (χ0) is 8.81. The molecule has 1 rings (SSSR count). The van der Waals surface area contributed by atoms with E-state index in [-0.39, 0.29) is 0 Å². The monoisotopic (exact) mass is 171 g/mol. The number of rotatable bonds is 5. The molecule has 0 bridgehead atoms. The molecule has 1 aliphatic rings. The molecule has 1 heterocycles. The molecule has 0 amide bonds. The lowest BCUT2D eigenvalue weighted by Gasteiger charge is -2.13.